The SMILES string of the molecule is COc1cccc2c1C(=O)c1ccc(C(=O)N3CCN(CS(=O)[O-])CC3)cc1C2=O. The first kappa shape index (κ1) is 20.4. The Labute approximate surface area is 175 Å². The smallest absolute Gasteiger partial charge is 0.253 e. The van der Waals surface area contributed by atoms with Gasteiger partial charge in [-0.15, -0.1) is 0 Å². The fourth-order valence-corrected chi connectivity index (χ4v) is 4.44. The van der Waals surface area contributed by atoms with E-state index < -0.39 is 11.1 Å². The second kappa shape index (κ2) is 8.10. The maximum atomic E-state index is 13.0. The molecule has 0 aromatic heterocycles. The number of benzene rings is 2. The Kier molecular flexibility index (Phi) is 5.50. The summed E-state index contributed by atoms with van der Waals surface area (Å²) < 4.78 is 26.9. The van der Waals surface area contributed by atoms with Crippen molar-refractivity contribution < 1.29 is 27.9 Å². The van der Waals surface area contributed by atoms with Crippen LogP contribution in [-0.4, -0.2) is 75.2 Å². The van der Waals surface area contributed by atoms with Gasteiger partial charge in [0, 0.05) is 48.4 Å². The summed E-state index contributed by atoms with van der Waals surface area (Å²) in [5.74, 6) is -0.600. The second-order valence-corrected chi connectivity index (χ2v) is 8.01. The van der Waals surface area contributed by atoms with E-state index in [2.05, 4.69) is 0 Å². The van der Waals surface area contributed by atoms with Gasteiger partial charge in [0.2, 0.25) is 0 Å². The Morgan fingerprint density at radius 2 is 1.77 bits per heavy atom. The molecule has 9 heteroatoms. The molecule has 1 saturated heterocycles. The molecule has 0 spiro atoms. The number of carbonyl (C=O) groups excluding carboxylic acids is 3. The van der Waals surface area contributed by atoms with Crippen LogP contribution < -0.4 is 4.74 Å². The van der Waals surface area contributed by atoms with Crippen molar-refractivity contribution in [1.82, 2.24) is 9.80 Å². The number of carbonyl (C=O) groups is 3. The molecule has 0 radical (unpaired) electrons. The molecule has 0 bridgehead atoms. The van der Waals surface area contributed by atoms with Crippen LogP contribution in [0.5, 0.6) is 5.75 Å². The van der Waals surface area contributed by atoms with E-state index in [0.29, 0.717) is 37.5 Å². The van der Waals surface area contributed by atoms with Gasteiger partial charge in [0.1, 0.15) is 5.75 Å². The van der Waals surface area contributed by atoms with E-state index in [0.717, 1.165) is 0 Å². The Balaban J connectivity index is 1.59. The quantitative estimate of drug-likeness (QED) is 0.573. The summed E-state index contributed by atoms with van der Waals surface area (Å²) in [6.07, 6.45) is 0. The normalized spacial score (nSPS) is 17.3. The van der Waals surface area contributed by atoms with Gasteiger partial charge in [0.05, 0.1) is 18.6 Å². The number of ether oxygens (including phenoxy) is 1. The molecule has 0 saturated carbocycles. The number of fused-ring (bicyclic) bond motifs is 2. The van der Waals surface area contributed by atoms with Crippen LogP contribution in [0.25, 0.3) is 0 Å². The summed E-state index contributed by atoms with van der Waals surface area (Å²) >= 11 is -2.16. The summed E-state index contributed by atoms with van der Waals surface area (Å²) in [4.78, 5) is 42.3. The van der Waals surface area contributed by atoms with Crippen molar-refractivity contribution in [3.05, 3.63) is 64.2 Å². The third kappa shape index (κ3) is 3.55. The van der Waals surface area contributed by atoms with Crippen molar-refractivity contribution in [2.24, 2.45) is 0 Å². The van der Waals surface area contributed by atoms with Gasteiger partial charge in [-0.25, -0.2) is 0 Å². The third-order valence-corrected chi connectivity index (χ3v) is 6.00. The molecule has 1 atom stereocenters. The molecule has 1 amide bonds. The third-order valence-electron chi connectivity index (χ3n) is 5.42. The molecule has 2 aliphatic rings. The van der Waals surface area contributed by atoms with E-state index in [1.54, 1.807) is 34.1 Å². The Morgan fingerprint density at radius 3 is 2.43 bits per heavy atom. The molecule has 30 heavy (non-hydrogen) atoms. The molecule has 1 aliphatic carbocycles. The average Bonchev–Trinajstić information content (AvgIpc) is 2.76. The molecule has 4 rings (SSSR count). The largest absolute Gasteiger partial charge is 0.771 e. The van der Waals surface area contributed by atoms with Crippen LogP contribution >= 0.6 is 0 Å². The highest BCUT2D eigenvalue weighted by Crippen LogP contribution is 2.33. The predicted octanol–water partition coefficient (Wildman–Crippen LogP) is 1.06. The monoisotopic (exact) mass is 427 g/mol. The molecule has 8 nitrogen and oxygen atoms in total. The van der Waals surface area contributed by atoms with E-state index in [1.165, 1.54) is 19.2 Å². The van der Waals surface area contributed by atoms with Crippen LogP contribution in [0.15, 0.2) is 36.4 Å². The van der Waals surface area contributed by atoms with Gasteiger partial charge in [0.25, 0.3) is 5.91 Å². The molecule has 0 N–H and O–H groups in total. The Bertz CT molecular complexity index is 1080. The second-order valence-electron chi connectivity index (χ2n) is 7.14. The van der Waals surface area contributed by atoms with E-state index in [-0.39, 0.29) is 45.6 Å². The van der Waals surface area contributed by atoms with E-state index in [9.17, 15) is 23.1 Å². The minimum Gasteiger partial charge on any atom is -0.771 e. The van der Waals surface area contributed by atoms with Crippen molar-refractivity contribution in [2.75, 3.05) is 39.2 Å². The molecule has 1 fully saturated rings. The first-order valence-electron chi connectivity index (χ1n) is 9.38. The number of amides is 1. The zero-order valence-electron chi connectivity index (χ0n) is 16.3. The molecule has 2 aromatic carbocycles. The minimum absolute atomic E-state index is 0.0552. The lowest BCUT2D eigenvalue weighted by molar-refractivity contribution is 0.0656. The Morgan fingerprint density at radius 1 is 1.03 bits per heavy atom. The van der Waals surface area contributed by atoms with Gasteiger partial charge < -0.3 is 14.2 Å². The topological polar surface area (TPSA) is 107 Å². The number of rotatable bonds is 4. The van der Waals surface area contributed by atoms with Crippen LogP contribution in [0.2, 0.25) is 0 Å². The van der Waals surface area contributed by atoms with Gasteiger partial charge in [0.15, 0.2) is 11.6 Å². The summed E-state index contributed by atoms with van der Waals surface area (Å²) in [6.45, 7) is 1.69. The lowest BCUT2D eigenvalue weighted by Crippen LogP contribution is -2.49. The van der Waals surface area contributed by atoms with Crippen LogP contribution in [-0.2, 0) is 11.1 Å². The summed E-state index contributed by atoms with van der Waals surface area (Å²) in [5.41, 5.74) is 1.27. The van der Waals surface area contributed by atoms with Crippen molar-refractivity contribution in [3.63, 3.8) is 0 Å². The van der Waals surface area contributed by atoms with Crippen LogP contribution in [0.1, 0.15) is 42.2 Å². The van der Waals surface area contributed by atoms with Crippen molar-refractivity contribution >= 4 is 28.6 Å². The number of hydrogen-bond acceptors (Lipinski definition) is 7. The highest BCUT2D eigenvalue weighted by atomic mass is 32.2. The number of methoxy groups -OCH3 is 1. The van der Waals surface area contributed by atoms with Crippen LogP contribution in [0.3, 0.4) is 0 Å². The summed E-state index contributed by atoms with van der Waals surface area (Å²) in [7, 11) is 1.44. The fourth-order valence-electron chi connectivity index (χ4n) is 3.88. The highest BCUT2D eigenvalue weighted by Gasteiger charge is 2.33. The van der Waals surface area contributed by atoms with Crippen molar-refractivity contribution in [2.45, 2.75) is 0 Å². The Hall–Kier alpha value is -2.88. The molecule has 1 heterocycles. The highest BCUT2D eigenvalue weighted by molar-refractivity contribution is 7.79. The van der Waals surface area contributed by atoms with Gasteiger partial charge >= 0.3 is 0 Å². The summed E-state index contributed by atoms with van der Waals surface area (Å²) in [5, 5.41) is 0. The van der Waals surface area contributed by atoms with Crippen LogP contribution in [0, 0.1) is 0 Å². The van der Waals surface area contributed by atoms with E-state index in [1.807, 2.05) is 0 Å². The average molecular weight is 427 g/mol. The number of piperazine rings is 1. The van der Waals surface area contributed by atoms with Gasteiger partial charge in [-0.1, -0.05) is 12.1 Å². The van der Waals surface area contributed by atoms with Crippen molar-refractivity contribution in [1.29, 1.82) is 0 Å². The lowest BCUT2D eigenvalue weighted by atomic mass is 9.82. The molecule has 156 valence electrons. The maximum absolute atomic E-state index is 13.0. The predicted molar refractivity (Wildman–Crippen MR) is 108 cm³/mol. The maximum Gasteiger partial charge on any atom is 0.253 e. The first-order valence-corrected chi connectivity index (χ1v) is 10.6. The lowest BCUT2D eigenvalue weighted by Gasteiger charge is -2.35. The molecule has 1 unspecified atom stereocenters. The van der Waals surface area contributed by atoms with Gasteiger partial charge in [-0.3, -0.25) is 23.5 Å². The number of ketones is 2. The summed E-state index contributed by atoms with van der Waals surface area (Å²) in [6, 6.07) is 9.39. The molecular weight excluding hydrogens is 408 g/mol. The van der Waals surface area contributed by atoms with E-state index >= 15 is 0 Å². The number of hydrogen-bond donors (Lipinski definition) is 0. The zero-order valence-corrected chi connectivity index (χ0v) is 17.1. The number of nitrogens with zero attached hydrogens (tertiary/aromatic N) is 2. The van der Waals surface area contributed by atoms with E-state index in [4.69, 9.17) is 4.74 Å². The van der Waals surface area contributed by atoms with Gasteiger partial charge in [-0.05, 0) is 35.3 Å². The van der Waals surface area contributed by atoms with Crippen molar-refractivity contribution in [3.8, 4) is 5.75 Å². The minimum atomic E-state index is -2.16. The zero-order chi connectivity index (χ0) is 21.4. The molecular formula is C21H19N2O6S-. The first-order chi connectivity index (χ1) is 14.4. The fraction of sp³-hybridized carbons (Fsp3) is 0.286. The molecule has 2 aromatic rings. The van der Waals surface area contributed by atoms with Crippen LogP contribution in [0.4, 0.5) is 0 Å². The molecule has 1 aliphatic heterocycles. The standard InChI is InChI=1S/C21H20N2O6S/c1-29-17-4-2-3-15-18(17)20(25)14-6-5-13(11-16(14)19(15)24)21(26)23-9-7-22(8-10-23)12-30(27)28/h2-6,11H,7-10,12H2,1H3,(H,27,28)/p-1. The van der Waals surface area contributed by atoms with Gasteiger partial charge in [-0.2, -0.15) is 0 Å².